The SMILES string of the molecule is COCO[C@@H]1CSc2c(-c3ccc(F)cc3F)c(C(F)(F)F)cc3c(N4C[C@@H](C)N[C@@H](C)C4)nc(=O)n(c23)C1. The van der Waals surface area contributed by atoms with E-state index in [2.05, 4.69) is 10.3 Å². The quantitative estimate of drug-likeness (QED) is 0.354. The van der Waals surface area contributed by atoms with Crippen LogP contribution < -0.4 is 15.9 Å². The molecule has 210 valence electrons. The minimum absolute atomic E-state index is 0.000874. The van der Waals surface area contributed by atoms with Gasteiger partial charge in [-0.05, 0) is 32.0 Å². The summed E-state index contributed by atoms with van der Waals surface area (Å²) < 4.78 is 84.8. The third-order valence-corrected chi connectivity index (χ3v) is 8.01. The van der Waals surface area contributed by atoms with Gasteiger partial charge in [0.15, 0.2) is 0 Å². The fourth-order valence-electron chi connectivity index (χ4n) is 5.32. The number of halogens is 5. The Balaban J connectivity index is 1.86. The van der Waals surface area contributed by atoms with E-state index in [1.54, 1.807) is 0 Å². The van der Waals surface area contributed by atoms with Crippen LogP contribution in [0.5, 0.6) is 0 Å². The van der Waals surface area contributed by atoms with Crippen LogP contribution in [-0.2, 0) is 22.2 Å². The van der Waals surface area contributed by atoms with Crippen LogP contribution in [0.3, 0.4) is 0 Å². The first-order valence-electron chi connectivity index (χ1n) is 12.4. The molecule has 2 aliphatic rings. The van der Waals surface area contributed by atoms with Crippen molar-refractivity contribution in [3.05, 3.63) is 51.9 Å². The average molecular weight is 571 g/mol. The van der Waals surface area contributed by atoms with E-state index in [0.29, 0.717) is 19.2 Å². The smallest absolute Gasteiger partial charge is 0.359 e. The second kappa shape index (κ2) is 10.7. The van der Waals surface area contributed by atoms with E-state index < -0.39 is 46.3 Å². The average Bonchev–Trinajstić information content (AvgIpc) is 3.04. The van der Waals surface area contributed by atoms with Crippen molar-refractivity contribution in [3.63, 3.8) is 0 Å². The number of hydrogen-bond donors (Lipinski definition) is 1. The van der Waals surface area contributed by atoms with Crippen LogP contribution in [0, 0.1) is 11.6 Å². The molecular weight excluding hydrogens is 543 g/mol. The Morgan fingerprint density at radius 3 is 2.49 bits per heavy atom. The van der Waals surface area contributed by atoms with Gasteiger partial charge in [-0.1, -0.05) is 0 Å². The van der Waals surface area contributed by atoms with Gasteiger partial charge < -0.3 is 19.7 Å². The zero-order valence-corrected chi connectivity index (χ0v) is 22.3. The minimum atomic E-state index is -4.89. The maximum atomic E-state index is 15.1. The first-order valence-corrected chi connectivity index (χ1v) is 13.3. The zero-order chi connectivity index (χ0) is 28.1. The van der Waals surface area contributed by atoms with Crippen molar-refractivity contribution in [3.8, 4) is 11.1 Å². The van der Waals surface area contributed by atoms with Gasteiger partial charge in [-0.2, -0.15) is 18.2 Å². The molecule has 0 amide bonds. The molecule has 1 saturated heterocycles. The number of hydrogen-bond acceptors (Lipinski definition) is 7. The fourth-order valence-corrected chi connectivity index (χ4v) is 6.60. The van der Waals surface area contributed by atoms with Crippen molar-refractivity contribution in [2.45, 2.75) is 49.7 Å². The number of benzene rings is 2. The number of nitrogens with one attached hydrogen (secondary N) is 1. The summed E-state index contributed by atoms with van der Waals surface area (Å²) in [5.41, 5.74) is -2.40. The molecule has 2 aromatic carbocycles. The Morgan fingerprint density at radius 2 is 1.85 bits per heavy atom. The molecule has 0 saturated carbocycles. The van der Waals surface area contributed by atoms with Crippen LogP contribution in [0.2, 0.25) is 0 Å². The van der Waals surface area contributed by atoms with E-state index >= 15 is 4.39 Å². The van der Waals surface area contributed by atoms with Crippen molar-refractivity contribution in [1.29, 1.82) is 0 Å². The van der Waals surface area contributed by atoms with Crippen molar-refractivity contribution in [2.24, 2.45) is 0 Å². The molecular formula is C26H27F5N4O3S. The molecule has 7 nitrogen and oxygen atoms in total. The highest BCUT2D eigenvalue weighted by molar-refractivity contribution is 7.99. The summed E-state index contributed by atoms with van der Waals surface area (Å²) in [6.45, 7) is 4.65. The first kappa shape index (κ1) is 27.8. The molecule has 0 unspecified atom stereocenters. The second-order valence-corrected chi connectivity index (χ2v) is 10.9. The monoisotopic (exact) mass is 570 g/mol. The van der Waals surface area contributed by atoms with E-state index in [4.69, 9.17) is 9.47 Å². The summed E-state index contributed by atoms with van der Waals surface area (Å²) in [4.78, 5) is 19.6. The van der Waals surface area contributed by atoms with Gasteiger partial charge in [0, 0.05) is 65.5 Å². The van der Waals surface area contributed by atoms with E-state index in [0.717, 1.165) is 30.0 Å². The van der Waals surface area contributed by atoms with E-state index in [1.165, 1.54) is 11.7 Å². The minimum Gasteiger partial charge on any atom is -0.359 e. The number of ether oxygens (including phenoxy) is 2. The molecule has 13 heteroatoms. The van der Waals surface area contributed by atoms with Gasteiger partial charge in [0.25, 0.3) is 0 Å². The van der Waals surface area contributed by atoms with Crippen LogP contribution in [0.15, 0.2) is 34.0 Å². The summed E-state index contributed by atoms with van der Waals surface area (Å²) in [7, 11) is 1.43. The lowest BCUT2D eigenvalue weighted by molar-refractivity contribution is -0.137. The Kier molecular flexibility index (Phi) is 7.61. The summed E-state index contributed by atoms with van der Waals surface area (Å²) in [6.07, 6.45) is -5.49. The molecule has 39 heavy (non-hydrogen) atoms. The molecule has 0 radical (unpaired) electrons. The predicted octanol–water partition coefficient (Wildman–Crippen LogP) is 4.64. The molecule has 0 spiro atoms. The van der Waals surface area contributed by atoms with E-state index in [9.17, 15) is 22.4 Å². The number of alkyl halides is 3. The van der Waals surface area contributed by atoms with Gasteiger partial charge in [0.05, 0.1) is 23.7 Å². The maximum absolute atomic E-state index is 15.1. The number of anilines is 1. The van der Waals surface area contributed by atoms with Crippen LogP contribution >= 0.6 is 11.8 Å². The zero-order valence-electron chi connectivity index (χ0n) is 21.4. The van der Waals surface area contributed by atoms with Crippen molar-refractivity contribution < 1.29 is 31.4 Å². The van der Waals surface area contributed by atoms with Crippen LogP contribution in [-0.4, -0.2) is 60.5 Å². The first-order chi connectivity index (χ1) is 18.5. The van der Waals surface area contributed by atoms with Crippen LogP contribution in [0.4, 0.5) is 27.8 Å². The molecule has 0 aliphatic carbocycles. The van der Waals surface area contributed by atoms with E-state index in [-0.39, 0.29) is 52.8 Å². The molecule has 5 rings (SSSR count). The Hall–Kier alpha value is -2.74. The number of nitrogens with zero attached hydrogens (tertiary/aromatic N) is 3. The summed E-state index contributed by atoms with van der Waals surface area (Å²) in [5, 5.41) is 3.49. The Morgan fingerprint density at radius 1 is 1.13 bits per heavy atom. The van der Waals surface area contributed by atoms with Crippen LogP contribution in [0.1, 0.15) is 19.4 Å². The number of aromatic nitrogens is 2. The largest absolute Gasteiger partial charge is 0.417 e. The van der Waals surface area contributed by atoms with Crippen molar-refractivity contribution in [2.75, 3.05) is 37.6 Å². The molecule has 1 N–H and O–H groups in total. The lowest BCUT2D eigenvalue weighted by Gasteiger charge is -2.37. The predicted molar refractivity (Wildman–Crippen MR) is 138 cm³/mol. The van der Waals surface area contributed by atoms with Crippen molar-refractivity contribution in [1.82, 2.24) is 14.9 Å². The highest BCUT2D eigenvalue weighted by Crippen LogP contribution is 2.48. The van der Waals surface area contributed by atoms with Gasteiger partial charge in [-0.15, -0.1) is 11.8 Å². The normalized spacial score (nSPS) is 21.8. The van der Waals surface area contributed by atoms with Gasteiger partial charge in [0.1, 0.15) is 24.2 Å². The summed E-state index contributed by atoms with van der Waals surface area (Å²) in [5.74, 6) is -1.75. The van der Waals surface area contributed by atoms with Gasteiger partial charge in [-0.3, -0.25) is 4.57 Å². The topological polar surface area (TPSA) is 68.6 Å². The Bertz CT molecular complexity index is 1450. The molecule has 0 bridgehead atoms. The highest BCUT2D eigenvalue weighted by Gasteiger charge is 2.39. The Labute approximate surface area is 225 Å². The molecule has 2 aliphatic heterocycles. The number of thioether (sulfide) groups is 1. The van der Waals surface area contributed by atoms with Crippen molar-refractivity contribution >= 4 is 28.5 Å². The standard InChI is InChI=1S/C26H27F5N4O3S/c1-13-8-34(9-14(2)32-13)24-18-7-19(26(29,30)31)21(17-5-4-15(27)6-20(17)28)23-22(18)35(25(36)33-24)10-16(11-39-23)38-12-37-3/h4-7,13-14,16,32H,8-12H2,1-3H3/t13-,14+,16-/m0/s1. The molecule has 1 aromatic heterocycles. The number of piperazine rings is 1. The molecule has 3 aromatic rings. The number of methoxy groups -OCH3 is 1. The lowest BCUT2D eigenvalue weighted by atomic mass is 9.95. The highest BCUT2D eigenvalue weighted by atomic mass is 32.2. The van der Waals surface area contributed by atoms with Gasteiger partial charge in [-0.25, -0.2) is 13.6 Å². The second-order valence-electron chi connectivity index (χ2n) is 9.85. The summed E-state index contributed by atoms with van der Waals surface area (Å²) >= 11 is 1.03. The van der Waals surface area contributed by atoms with E-state index in [1.807, 2.05) is 18.7 Å². The maximum Gasteiger partial charge on any atom is 0.417 e. The lowest BCUT2D eigenvalue weighted by Crippen LogP contribution is -2.55. The third-order valence-electron chi connectivity index (χ3n) is 6.78. The van der Waals surface area contributed by atoms with Gasteiger partial charge in [0.2, 0.25) is 0 Å². The van der Waals surface area contributed by atoms with Gasteiger partial charge >= 0.3 is 11.9 Å². The third kappa shape index (κ3) is 5.37. The van der Waals surface area contributed by atoms with Crippen LogP contribution in [0.25, 0.3) is 22.0 Å². The molecule has 3 atom stereocenters. The number of rotatable bonds is 5. The molecule has 1 fully saturated rings. The fraction of sp³-hybridized carbons (Fsp3) is 0.462. The molecule has 3 heterocycles. The summed E-state index contributed by atoms with van der Waals surface area (Å²) in [6, 6.07) is 3.39.